The molecule has 254 valence electrons. The summed E-state index contributed by atoms with van der Waals surface area (Å²) in [6.07, 6.45) is 12.2. The highest BCUT2D eigenvalue weighted by atomic mass is 16.6. The van der Waals surface area contributed by atoms with Crippen LogP contribution in [0.5, 0.6) is 17.2 Å². The van der Waals surface area contributed by atoms with Crippen molar-refractivity contribution in [3.63, 3.8) is 0 Å². The minimum absolute atomic E-state index is 0.0324. The molecular formula is C40H46O8. The van der Waals surface area contributed by atoms with E-state index in [2.05, 4.69) is 13.2 Å². The molecular weight excluding hydrogens is 608 g/mol. The molecule has 1 aliphatic heterocycles. The Bertz CT molecular complexity index is 1460. The zero-order valence-electron chi connectivity index (χ0n) is 27.7. The Hall–Kier alpha value is -4.85. The summed E-state index contributed by atoms with van der Waals surface area (Å²) < 4.78 is 27.4. The van der Waals surface area contributed by atoms with E-state index in [-0.39, 0.29) is 12.1 Å². The molecule has 0 bridgehead atoms. The molecule has 0 amide bonds. The van der Waals surface area contributed by atoms with Gasteiger partial charge in [0.2, 0.25) is 0 Å². The standard InChI is InChI=1S/C40H46O8/c1-3-38(41)46-28-12-11-27-45-34-20-14-31(15-21-34)32-16-24-36(25-17-32)47-40(43)33-18-22-35(23-19-33)44-26-10-8-6-4-5-7-9-13-37-29-30(2)39(42)48-37/h3,14-25,37H,1-2,4-13,26-29H2. The molecule has 48 heavy (non-hydrogen) atoms. The lowest BCUT2D eigenvalue weighted by Crippen LogP contribution is -2.08. The molecule has 8 nitrogen and oxygen atoms in total. The van der Waals surface area contributed by atoms with Gasteiger partial charge in [-0.25, -0.2) is 14.4 Å². The maximum atomic E-state index is 12.7. The van der Waals surface area contributed by atoms with Crippen LogP contribution < -0.4 is 14.2 Å². The summed E-state index contributed by atoms with van der Waals surface area (Å²) in [5.41, 5.74) is 3.06. The second-order valence-electron chi connectivity index (χ2n) is 11.8. The van der Waals surface area contributed by atoms with Crippen molar-refractivity contribution in [3.05, 3.63) is 103 Å². The number of unbranched alkanes of at least 4 members (excludes halogenated alkanes) is 7. The zero-order valence-corrected chi connectivity index (χ0v) is 27.7. The first-order valence-corrected chi connectivity index (χ1v) is 16.9. The van der Waals surface area contributed by atoms with E-state index in [4.69, 9.17) is 23.7 Å². The molecule has 3 aromatic rings. The van der Waals surface area contributed by atoms with Gasteiger partial charge in [-0.3, -0.25) is 0 Å². The van der Waals surface area contributed by atoms with E-state index in [1.54, 1.807) is 36.4 Å². The second kappa shape index (κ2) is 19.7. The number of cyclic esters (lactones) is 1. The summed E-state index contributed by atoms with van der Waals surface area (Å²) in [5.74, 6) is 0.890. The van der Waals surface area contributed by atoms with Crippen molar-refractivity contribution in [1.82, 2.24) is 0 Å². The van der Waals surface area contributed by atoms with E-state index in [1.165, 1.54) is 19.3 Å². The molecule has 8 heteroatoms. The van der Waals surface area contributed by atoms with Crippen LogP contribution in [0.3, 0.4) is 0 Å². The highest BCUT2D eigenvalue weighted by Gasteiger charge is 2.26. The Morgan fingerprint density at radius 3 is 1.75 bits per heavy atom. The third-order valence-electron chi connectivity index (χ3n) is 8.04. The van der Waals surface area contributed by atoms with Crippen LogP contribution in [-0.2, 0) is 19.1 Å². The van der Waals surface area contributed by atoms with Crippen LogP contribution in [0.25, 0.3) is 11.1 Å². The molecule has 1 aliphatic rings. The SMILES string of the molecule is C=CC(=O)OCCCCOc1ccc(-c2ccc(OC(=O)c3ccc(OCCCCCCCCCC4CC(=C)C(=O)O4)cc3)cc2)cc1. The fourth-order valence-electron chi connectivity index (χ4n) is 5.28. The van der Waals surface area contributed by atoms with Gasteiger partial charge in [-0.05, 0) is 91.8 Å². The Kier molecular flexibility index (Phi) is 14.8. The first kappa shape index (κ1) is 36.0. The predicted octanol–water partition coefficient (Wildman–Crippen LogP) is 8.83. The Morgan fingerprint density at radius 1 is 0.688 bits per heavy atom. The Labute approximate surface area is 283 Å². The highest BCUT2D eigenvalue weighted by Crippen LogP contribution is 2.26. The van der Waals surface area contributed by atoms with Crippen LogP contribution in [-0.4, -0.2) is 43.8 Å². The summed E-state index contributed by atoms with van der Waals surface area (Å²) in [6.45, 7) is 8.63. The molecule has 1 unspecified atom stereocenters. The summed E-state index contributed by atoms with van der Waals surface area (Å²) >= 11 is 0. The smallest absolute Gasteiger partial charge is 0.343 e. The van der Waals surface area contributed by atoms with E-state index >= 15 is 0 Å². The van der Waals surface area contributed by atoms with Crippen LogP contribution in [0.4, 0.5) is 0 Å². The van der Waals surface area contributed by atoms with Crippen molar-refractivity contribution in [3.8, 4) is 28.4 Å². The van der Waals surface area contributed by atoms with Gasteiger partial charge in [-0.2, -0.15) is 0 Å². The molecule has 1 fully saturated rings. The Morgan fingerprint density at radius 2 is 1.19 bits per heavy atom. The molecule has 0 spiro atoms. The van der Waals surface area contributed by atoms with Crippen molar-refractivity contribution in [2.45, 2.75) is 76.7 Å². The minimum atomic E-state index is -0.426. The number of carbonyl (C=O) groups is 3. The summed E-state index contributed by atoms with van der Waals surface area (Å²) in [7, 11) is 0. The van der Waals surface area contributed by atoms with Gasteiger partial charge in [-0.1, -0.05) is 69.5 Å². The number of carbonyl (C=O) groups excluding carboxylic acids is 3. The zero-order chi connectivity index (χ0) is 34.0. The first-order chi connectivity index (χ1) is 23.4. The van der Waals surface area contributed by atoms with E-state index in [0.29, 0.717) is 43.1 Å². The number of benzene rings is 3. The fraction of sp³-hybridized carbons (Fsp3) is 0.375. The number of hydrogen-bond acceptors (Lipinski definition) is 8. The highest BCUT2D eigenvalue weighted by molar-refractivity contribution is 5.91. The second-order valence-corrected chi connectivity index (χ2v) is 11.8. The van der Waals surface area contributed by atoms with Crippen molar-refractivity contribution in [1.29, 1.82) is 0 Å². The van der Waals surface area contributed by atoms with Gasteiger partial charge in [-0.15, -0.1) is 0 Å². The average molecular weight is 655 g/mol. The van der Waals surface area contributed by atoms with Crippen LogP contribution in [0.2, 0.25) is 0 Å². The van der Waals surface area contributed by atoms with Crippen molar-refractivity contribution >= 4 is 17.9 Å². The molecule has 1 atom stereocenters. The van der Waals surface area contributed by atoms with Gasteiger partial charge in [0.15, 0.2) is 0 Å². The third kappa shape index (κ3) is 12.4. The van der Waals surface area contributed by atoms with E-state index in [1.807, 2.05) is 36.4 Å². The molecule has 1 saturated heterocycles. The lowest BCUT2D eigenvalue weighted by atomic mass is 10.0. The summed E-state index contributed by atoms with van der Waals surface area (Å²) in [4.78, 5) is 35.1. The first-order valence-electron chi connectivity index (χ1n) is 16.9. The van der Waals surface area contributed by atoms with Gasteiger partial charge in [0.25, 0.3) is 0 Å². The molecule has 4 rings (SSSR count). The average Bonchev–Trinajstić information content (AvgIpc) is 3.43. The van der Waals surface area contributed by atoms with Crippen molar-refractivity contribution in [2.75, 3.05) is 19.8 Å². The summed E-state index contributed by atoms with van der Waals surface area (Å²) in [5, 5.41) is 0. The van der Waals surface area contributed by atoms with Crippen LogP contribution in [0.15, 0.2) is 97.6 Å². The van der Waals surface area contributed by atoms with Gasteiger partial charge in [0.1, 0.15) is 23.4 Å². The van der Waals surface area contributed by atoms with Crippen molar-refractivity contribution < 1.29 is 38.1 Å². The number of rotatable bonds is 21. The largest absolute Gasteiger partial charge is 0.494 e. The number of ether oxygens (including phenoxy) is 5. The van der Waals surface area contributed by atoms with Gasteiger partial charge in [0, 0.05) is 18.1 Å². The quantitative estimate of drug-likeness (QED) is 0.0487. The topological polar surface area (TPSA) is 97.4 Å². The monoisotopic (exact) mass is 654 g/mol. The van der Waals surface area contributed by atoms with Gasteiger partial charge < -0.3 is 23.7 Å². The molecule has 3 aromatic carbocycles. The molecule has 0 radical (unpaired) electrons. The maximum absolute atomic E-state index is 12.7. The maximum Gasteiger partial charge on any atom is 0.343 e. The predicted molar refractivity (Wildman–Crippen MR) is 185 cm³/mol. The van der Waals surface area contributed by atoms with E-state index in [9.17, 15) is 14.4 Å². The number of esters is 3. The normalized spacial score (nSPS) is 13.9. The van der Waals surface area contributed by atoms with E-state index < -0.39 is 11.9 Å². The van der Waals surface area contributed by atoms with Crippen LogP contribution in [0.1, 0.15) is 81.0 Å². The van der Waals surface area contributed by atoms with Crippen LogP contribution in [0, 0.1) is 0 Å². The van der Waals surface area contributed by atoms with Crippen molar-refractivity contribution in [2.24, 2.45) is 0 Å². The lowest BCUT2D eigenvalue weighted by molar-refractivity contribution is -0.139. The molecule has 0 N–H and O–H groups in total. The summed E-state index contributed by atoms with van der Waals surface area (Å²) in [6, 6.07) is 22.2. The molecule has 0 aliphatic carbocycles. The van der Waals surface area contributed by atoms with Gasteiger partial charge >= 0.3 is 17.9 Å². The fourth-order valence-corrected chi connectivity index (χ4v) is 5.28. The number of hydrogen-bond donors (Lipinski definition) is 0. The lowest BCUT2D eigenvalue weighted by Gasteiger charge is -2.09. The Balaban J connectivity index is 1.06. The van der Waals surface area contributed by atoms with E-state index in [0.717, 1.165) is 73.6 Å². The van der Waals surface area contributed by atoms with Crippen LogP contribution >= 0.6 is 0 Å². The molecule has 1 heterocycles. The minimum Gasteiger partial charge on any atom is -0.494 e. The van der Waals surface area contributed by atoms with Gasteiger partial charge in [0.05, 0.1) is 25.4 Å². The molecule has 0 aromatic heterocycles. The molecule has 0 saturated carbocycles. The third-order valence-corrected chi connectivity index (χ3v) is 8.04.